The zero-order valence-electron chi connectivity index (χ0n) is 10.7. The molecule has 102 valence electrons. The first kappa shape index (κ1) is 12.2. The van der Waals surface area contributed by atoms with Gasteiger partial charge in [-0.2, -0.15) is 10.1 Å². The molecular weight excluding hydrogens is 246 g/mol. The number of nitrogens with one attached hydrogen (secondary N) is 1. The predicted octanol–water partition coefficient (Wildman–Crippen LogP) is 0.102. The van der Waals surface area contributed by atoms with Crippen LogP contribution in [0.5, 0.6) is 0 Å². The molecule has 3 rings (SSSR count). The van der Waals surface area contributed by atoms with Gasteiger partial charge in [-0.1, -0.05) is 0 Å². The van der Waals surface area contributed by atoms with Crippen molar-refractivity contribution in [3.05, 3.63) is 16.6 Å². The maximum atomic E-state index is 12.0. The monoisotopic (exact) mass is 263 g/mol. The van der Waals surface area contributed by atoms with Gasteiger partial charge < -0.3 is 10.0 Å². The van der Waals surface area contributed by atoms with Crippen LogP contribution in [-0.4, -0.2) is 44.6 Å². The predicted molar refractivity (Wildman–Crippen MR) is 71.3 cm³/mol. The van der Waals surface area contributed by atoms with Gasteiger partial charge in [0.15, 0.2) is 5.65 Å². The maximum Gasteiger partial charge on any atom is 0.263 e. The SMILES string of the molecule is O=c1[nH]c(N2CCCCC2)nc2c1cnn2CCO. The minimum atomic E-state index is -0.172. The van der Waals surface area contributed by atoms with Crippen molar-refractivity contribution in [1.29, 1.82) is 0 Å². The number of aromatic amines is 1. The van der Waals surface area contributed by atoms with Crippen molar-refractivity contribution in [3.63, 3.8) is 0 Å². The Hall–Kier alpha value is -1.89. The summed E-state index contributed by atoms with van der Waals surface area (Å²) in [6.07, 6.45) is 4.97. The molecular formula is C12H17N5O2. The molecule has 1 aliphatic heterocycles. The molecule has 2 N–H and O–H groups in total. The number of hydrogen-bond acceptors (Lipinski definition) is 5. The standard InChI is InChI=1S/C12H17N5O2/c18-7-6-17-10-9(8-13-17)11(19)15-12(14-10)16-4-2-1-3-5-16/h8,18H,1-7H2,(H,14,15,19). The second-order valence-corrected chi connectivity index (χ2v) is 4.77. The molecule has 1 saturated heterocycles. The smallest absolute Gasteiger partial charge is 0.263 e. The van der Waals surface area contributed by atoms with Crippen LogP contribution in [0.1, 0.15) is 19.3 Å². The molecule has 0 aromatic carbocycles. The highest BCUT2D eigenvalue weighted by Crippen LogP contribution is 2.16. The summed E-state index contributed by atoms with van der Waals surface area (Å²) in [6.45, 7) is 2.16. The Bertz CT molecular complexity index is 627. The van der Waals surface area contributed by atoms with Crippen LogP contribution >= 0.6 is 0 Å². The third kappa shape index (κ3) is 2.21. The van der Waals surface area contributed by atoms with Gasteiger partial charge in [-0.15, -0.1) is 0 Å². The van der Waals surface area contributed by atoms with Gasteiger partial charge in [-0.3, -0.25) is 9.78 Å². The molecule has 2 aromatic rings. The molecule has 1 aliphatic rings. The Morgan fingerprint density at radius 3 is 2.84 bits per heavy atom. The van der Waals surface area contributed by atoms with E-state index in [4.69, 9.17) is 5.11 Å². The number of aliphatic hydroxyl groups excluding tert-OH is 1. The van der Waals surface area contributed by atoms with Crippen LogP contribution < -0.4 is 10.5 Å². The van der Waals surface area contributed by atoms with Crippen molar-refractivity contribution in [1.82, 2.24) is 19.7 Å². The van der Waals surface area contributed by atoms with Gasteiger partial charge in [0.05, 0.1) is 19.3 Å². The van der Waals surface area contributed by atoms with Crippen LogP contribution in [0.4, 0.5) is 5.95 Å². The number of H-pyrrole nitrogens is 1. The van der Waals surface area contributed by atoms with E-state index < -0.39 is 0 Å². The van der Waals surface area contributed by atoms with Gasteiger partial charge in [-0.25, -0.2) is 4.68 Å². The molecule has 2 aromatic heterocycles. The molecule has 0 spiro atoms. The van der Waals surface area contributed by atoms with E-state index in [0.717, 1.165) is 25.9 Å². The van der Waals surface area contributed by atoms with Crippen molar-refractivity contribution < 1.29 is 5.11 Å². The van der Waals surface area contributed by atoms with E-state index >= 15 is 0 Å². The van der Waals surface area contributed by atoms with Crippen LogP contribution in [0.25, 0.3) is 11.0 Å². The van der Waals surface area contributed by atoms with Crippen LogP contribution in [-0.2, 0) is 6.54 Å². The largest absolute Gasteiger partial charge is 0.394 e. The highest BCUT2D eigenvalue weighted by molar-refractivity contribution is 5.74. The van der Waals surface area contributed by atoms with Crippen LogP contribution in [0.2, 0.25) is 0 Å². The molecule has 0 unspecified atom stereocenters. The fraction of sp³-hybridized carbons (Fsp3) is 0.583. The Morgan fingerprint density at radius 2 is 2.11 bits per heavy atom. The number of nitrogens with zero attached hydrogens (tertiary/aromatic N) is 4. The Morgan fingerprint density at radius 1 is 1.32 bits per heavy atom. The summed E-state index contributed by atoms with van der Waals surface area (Å²) in [4.78, 5) is 21.4. The van der Waals surface area contributed by atoms with Crippen molar-refractivity contribution in [2.24, 2.45) is 0 Å². The normalized spacial score (nSPS) is 16.2. The molecule has 7 heteroatoms. The van der Waals surface area contributed by atoms with Crippen molar-refractivity contribution in [3.8, 4) is 0 Å². The van der Waals surface area contributed by atoms with E-state index in [0.29, 0.717) is 23.5 Å². The first-order valence-electron chi connectivity index (χ1n) is 6.61. The number of hydrogen-bond donors (Lipinski definition) is 2. The molecule has 0 atom stereocenters. The number of aromatic nitrogens is 4. The molecule has 0 radical (unpaired) electrons. The zero-order valence-corrected chi connectivity index (χ0v) is 10.7. The molecule has 1 fully saturated rings. The van der Waals surface area contributed by atoms with Crippen molar-refractivity contribution in [2.45, 2.75) is 25.8 Å². The minimum Gasteiger partial charge on any atom is -0.394 e. The number of fused-ring (bicyclic) bond motifs is 1. The third-order valence-corrected chi connectivity index (χ3v) is 3.46. The Labute approximate surface area is 109 Å². The van der Waals surface area contributed by atoms with E-state index in [1.165, 1.54) is 12.6 Å². The first-order chi connectivity index (χ1) is 9.29. The topological polar surface area (TPSA) is 87.0 Å². The van der Waals surface area contributed by atoms with Gasteiger partial charge in [0.25, 0.3) is 5.56 Å². The van der Waals surface area contributed by atoms with E-state index in [9.17, 15) is 4.79 Å². The summed E-state index contributed by atoms with van der Waals surface area (Å²) in [7, 11) is 0. The van der Waals surface area contributed by atoms with Gasteiger partial charge in [-0.05, 0) is 19.3 Å². The lowest BCUT2D eigenvalue weighted by Crippen LogP contribution is -2.32. The minimum absolute atomic E-state index is 0.0235. The Kier molecular flexibility index (Phi) is 3.20. The maximum absolute atomic E-state index is 12.0. The number of aliphatic hydroxyl groups is 1. The highest BCUT2D eigenvalue weighted by Gasteiger charge is 2.16. The second-order valence-electron chi connectivity index (χ2n) is 4.77. The second kappa shape index (κ2) is 5.00. The van der Waals surface area contributed by atoms with E-state index in [-0.39, 0.29) is 12.2 Å². The molecule has 3 heterocycles. The Balaban J connectivity index is 2.05. The zero-order chi connectivity index (χ0) is 13.2. The van der Waals surface area contributed by atoms with Gasteiger partial charge >= 0.3 is 0 Å². The lowest BCUT2D eigenvalue weighted by Gasteiger charge is -2.26. The van der Waals surface area contributed by atoms with Crippen LogP contribution in [0.3, 0.4) is 0 Å². The van der Waals surface area contributed by atoms with Crippen molar-refractivity contribution >= 4 is 17.0 Å². The third-order valence-electron chi connectivity index (χ3n) is 3.46. The molecule has 0 amide bonds. The summed E-state index contributed by atoms with van der Waals surface area (Å²) in [5.41, 5.74) is 0.369. The van der Waals surface area contributed by atoms with Gasteiger partial charge in [0.1, 0.15) is 5.39 Å². The molecule has 0 bridgehead atoms. The quantitative estimate of drug-likeness (QED) is 0.820. The number of rotatable bonds is 3. The fourth-order valence-corrected chi connectivity index (χ4v) is 2.47. The van der Waals surface area contributed by atoms with Gasteiger partial charge in [0, 0.05) is 13.1 Å². The number of anilines is 1. The first-order valence-corrected chi connectivity index (χ1v) is 6.61. The van der Waals surface area contributed by atoms with E-state index in [1.807, 2.05) is 0 Å². The molecule has 0 saturated carbocycles. The summed E-state index contributed by atoms with van der Waals surface area (Å²) in [5, 5.41) is 13.6. The summed E-state index contributed by atoms with van der Waals surface area (Å²) >= 11 is 0. The lowest BCUT2D eigenvalue weighted by atomic mass is 10.1. The molecule has 7 nitrogen and oxygen atoms in total. The van der Waals surface area contributed by atoms with Gasteiger partial charge in [0.2, 0.25) is 5.95 Å². The molecule has 0 aliphatic carbocycles. The fourth-order valence-electron chi connectivity index (χ4n) is 2.47. The number of piperidine rings is 1. The van der Waals surface area contributed by atoms with E-state index in [1.54, 1.807) is 4.68 Å². The summed E-state index contributed by atoms with van der Waals surface area (Å²) in [6, 6.07) is 0. The summed E-state index contributed by atoms with van der Waals surface area (Å²) in [5.74, 6) is 0.608. The highest BCUT2D eigenvalue weighted by atomic mass is 16.3. The summed E-state index contributed by atoms with van der Waals surface area (Å²) < 4.78 is 1.57. The van der Waals surface area contributed by atoms with Crippen molar-refractivity contribution in [2.75, 3.05) is 24.6 Å². The average molecular weight is 263 g/mol. The van der Waals surface area contributed by atoms with E-state index in [2.05, 4.69) is 20.0 Å². The lowest BCUT2D eigenvalue weighted by molar-refractivity contribution is 0.271. The average Bonchev–Trinajstić information content (AvgIpc) is 2.84. The van der Waals surface area contributed by atoms with Crippen LogP contribution in [0, 0.1) is 0 Å². The molecule has 19 heavy (non-hydrogen) atoms. The van der Waals surface area contributed by atoms with Crippen LogP contribution in [0.15, 0.2) is 11.0 Å².